The summed E-state index contributed by atoms with van der Waals surface area (Å²) in [6.07, 6.45) is 1.97. The number of nitrogens with two attached hydrogens (primary N) is 1. The second kappa shape index (κ2) is 7.09. The van der Waals surface area contributed by atoms with Gasteiger partial charge in [0, 0.05) is 17.3 Å². The van der Waals surface area contributed by atoms with Crippen LogP contribution in [0.25, 0.3) is 0 Å². The molecular formula is C23H22ClN3. The van der Waals surface area contributed by atoms with Gasteiger partial charge in [0.05, 0.1) is 12.4 Å². The van der Waals surface area contributed by atoms with Crippen molar-refractivity contribution in [3.05, 3.63) is 101 Å². The lowest BCUT2D eigenvalue weighted by atomic mass is 9.81. The Morgan fingerprint density at radius 3 is 2.44 bits per heavy atom. The van der Waals surface area contributed by atoms with Crippen molar-refractivity contribution in [2.45, 2.75) is 25.0 Å². The van der Waals surface area contributed by atoms with Gasteiger partial charge in [-0.25, -0.2) is 0 Å². The molecule has 2 unspecified atom stereocenters. The Labute approximate surface area is 165 Å². The van der Waals surface area contributed by atoms with E-state index in [1.165, 1.54) is 11.1 Å². The van der Waals surface area contributed by atoms with E-state index in [9.17, 15) is 0 Å². The highest BCUT2D eigenvalue weighted by molar-refractivity contribution is 6.30. The van der Waals surface area contributed by atoms with E-state index in [0.717, 1.165) is 22.8 Å². The van der Waals surface area contributed by atoms with Gasteiger partial charge in [-0.1, -0.05) is 66.2 Å². The number of halogens is 1. The third kappa shape index (κ3) is 3.43. The minimum atomic E-state index is -0.380. The van der Waals surface area contributed by atoms with Gasteiger partial charge < -0.3 is 10.6 Å². The summed E-state index contributed by atoms with van der Waals surface area (Å²) in [7, 11) is 0. The second-order valence-corrected chi connectivity index (χ2v) is 7.57. The Hall–Kier alpha value is -2.78. The zero-order valence-corrected chi connectivity index (χ0v) is 16.0. The predicted molar refractivity (Wildman–Crippen MR) is 113 cm³/mol. The zero-order chi connectivity index (χ0) is 18.9. The lowest BCUT2D eigenvalue weighted by molar-refractivity contribution is 0.244. The van der Waals surface area contributed by atoms with Crippen molar-refractivity contribution in [2.75, 3.05) is 5.73 Å². The third-order valence-corrected chi connectivity index (χ3v) is 5.45. The first-order chi connectivity index (χ1) is 13.1. The van der Waals surface area contributed by atoms with Crippen LogP contribution in [0.2, 0.25) is 5.02 Å². The number of rotatable bonds is 4. The van der Waals surface area contributed by atoms with E-state index in [2.05, 4.69) is 54.3 Å². The van der Waals surface area contributed by atoms with Gasteiger partial charge in [-0.2, -0.15) is 0 Å². The van der Waals surface area contributed by atoms with E-state index in [-0.39, 0.29) is 11.6 Å². The highest BCUT2D eigenvalue weighted by Gasteiger charge is 2.43. The van der Waals surface area contributed by atoms with Crippen molar-refractivity contribution in [3.8, 4) is 0 Å². The van der Waals surface area contributed by atoms with Gasteiger partial charge in [-0.3, -0.25) is 4.99 Å². The standard InChI is InChI=1S/C23H22ClN3/c1-23(19-7-3-2-4-8-19)22(18-10-12-20(24)13-11-18)27(16-26-23)15-17-6-5-9-21(25)14-17/h2-14,16,22H,15,25H2,1H3. The van der Waals surface area contributed by atoms with E-state index in [0.29, 0.717) is 0 Å². The molecule has 1 heterocycles. The van der Waals surface area contributed by atoms with Crippen LogP contribution in [0.5, 0.6) is 0 Å². The molecule has 2 N–H and O–H groups in total. The van der Waals surface area contributed by atoms with Crippen LogP contribution in [0.3, 0.4) is 0 Å². The number of nitrogen functional groups attached to an aromatic ring is 1. The van der Waals surface area contributed by atoms with Crippen LogP contribution < -0.4 is 5.73 Å². The molecule has 136 valence electrons. The molecule has 0 fully saturated rings. The van der Waals surface area contributed by atoms with Crippen molar-refractivity contribution in [2.24, 2.45) is 4.99 Å². The van der Waals surface area contributed by atoms with Gasteiger partial charge in [0.1, 0.15) is 5.54 Å². The maximum absolute atomic E-state index is 6.13. The van der Waals surface area contributed by atoms with Crippen LogP contribution in [0.15, 0.2) is 83.9 Å². The second-order valence-electron chi connectivity index (χ2n) is 7.13. The highest BCUT2D eigenvalue weighted by Crippen LogP contribution is 2.46. The molecule has 0 spiro atoms. The summed E-state index contributed by atoms with van der Waals surface area (Å²) in [6.45, 7) is 2.93. The van der Waals surface area contributed by atoms with Crippen molar-refractivity contribution in [3.63, 3.8) is 0 Å². The molecule has 4 rings (SSSR count). The highest BCUT2D eigenvalue weighted by atomic mass is 35.5. The van der Waals surface area contributed by atoms with E-state index >= 15 is 0 Å². The van der Waals surface area contributed by atoms with Crippen molar-refractivity contribution in [1.29, 1.82) is 0 Å². The molecule has 0 aliphatic carbocycles. The van der Waals surface area contributed by atoms with Crippen molar-refractivity contribution >= 4 is 23.6 Å². The average Bonchev–Trinajstić information content (AvgIpc) is 3.01. The topological polar surface area (TPSA) is 41.6 Å². The molecule has 4 heteroatoms. The molecule has 0 aromatic heterocycles. The van der Waals surface area contributed by atoms with Crippen LogP contribution in [-0.4, -0.2) is 11.2 Å². The quantitative estimate of drug-likeness (QED) is 0.618. The third-order valence-electron chi connectivity index (χ3n) is 5.20. The van der Waals surface area contributed by atoms with Gasteiger partial charge in [0.2, 0.25) is 0 Å². The van der Waals surface area contributed by atoms with E-state index in [1.807, 2.05) is 42.7 Å². The fourth-order valence-corrected chi connectivity index (χ4v) is 3.98. The molecule has 27 heavy (non-hydrogen) atoms. The van der Waals surface area contributed by atoms with Crippen molar-refractivity contribution in [1.82, 2.24) is 4.90 Å². The molecule has 2 atom stereocenters. The number of benzene rings is 3. The monoisotopic (exact) mass is 375 g/mol. The Morgan fingerprint density at radius 1 is 1.00 bits per heavy atom. The smallest absolute Gasteiger partial charge is 0.109 e. The van der Waals surface area contributed by atoms with E-state index < -0.39 is 0 Å². The largest absolute Gasteiger partial charge is 0.399 e. The number of hydrogen-bond acceptors (Lipinski definition) is 3. The summed E-state index contributed by atoms with van der Waals surface area (Å²) in [5.74, 6) is 0. The molecule has 1 aliphatic heterocycles. The van der Waals surface area contributed by atoms with Gasteiger partial charge in [0.25, 0.3) is 0 Å². The normalized spacial score (nSPS) is 21.6. The Morgan fingerprint density at radius 2 is 1.74 bits per heavy atom. The molecule has 1 aliphatic rings. The number of aliphatic imine (C=N–C) groups is 1. The minimum Gasteiger partial charge on any atom is -0.399 e. The molecule has 0 saturated heterocycles. The molecule has 3 aromatic rings. The van der Waals surface area contributed by atoms with Crippen LogP contribution in [-0.2, 0) is 12.1 Å². The van der Waals surface area contributed by atoms with Gasteiger partial charge in [-0.15, -0.1) is 0 Å². The maximum Gasteiger partial charge on any atom is 0.109 e. The SMILES string of the molecule is CC1(c2ccccc2)N=CN(Cc2cccc(N)c2)C1c1ccc(Cl)cc1. The Balaban J connectivity index is 1.75. The first-order valence-corrected chi connectivity index (χ1v) is 9.40. The van der Waals surface area contributed by atoms with Gasteiger partial charge in [-0.05, 0) is 47.9 Å². The number of anilines is 1. The predicted octanol–water partition coefficient (Wildman–Crippen LogP) is 5.42. The lowest BCUT2D eigenvalue weighted by Gasteiger charge is -2.35. The average molecular weight is 376 g/mol. The van der Waals surface area contributed by atoms with Gasteiger partial charge >= 0.3 is 0 Å². The summed E-state index contributed by atoms with van der Waals surface area (Å²) in [6, 6.07) is 26.6. The molecule has 3 nitrogen and oxygen atoms in total. The minimum absolute atomic E-state index is 0.0681. The van der Waals surface area contributed by atoms with E-state index in [4.69, 9.17) is 22.3 Å². The molecule has 0 radical (unpaired) electrons. The van der Waals surface area contributed by atoms with Crippen LogP contribution >= 0.6 is 11.6 Å². The maximum atomic E-state index is 6.13. The summed E-state index contributed by atoms with van der Waals surface area (Å²) in [5, 5.41) is 0.737. The Bertz CT molecular complexity index is 953. The van der Waals surface area contributed by atoms with Crippen LogP contribution in [0.1, 0.15) is 29.7 Å². The number of hydrogen-bond donors (Lipinski definition) is 1. The molecule has 3 aromatic carbocycles. The molecule has 0 bridgehead atoms. The Kier molecular flexibility index (Phi) is 4.63. The molecule has 0 amide bonds. The summed E-state index contributed by atoms with van der Waals surface area (Å²) < 4.78 is 0. The lowest BCUT2D eigenvalue weighted by Crippen LogP contribution is -2.34. The zero-order valence-electron chi connectivity index (χ0n) is 15.2. The number of nitrogens with zero attached hydrogens (tertiary/aromatic N) is 2. The molecule has 0 saturated carbocycles. The molecular weight excluding hydrogens is 354 g/mol. The van der Waals surface area contributed by atoms with Crippen molar-refractivity contribution < 1.29 is 0 Å². The fraction of sp³-hybridized carbons (Fsp3) is 0.174. The van der Waals surface area contributed by atoms with E-state index in [1.54, 1.807) is 0 Å². The fourth-order valence-electron chi connectivity index (χ4n) is 3.86. The first kappa shape index (κ1) is 17.6. The van der Waals surface area contributed by atoms with Gasteiger partial charge in [0.15, 0.2) is 0 Å². The summed E-state index contributed by atoms with van der Waals surface area (Å²) in [4.78, 5) is 7.24. The van der Waals surface area contributed by atoms with Crippen LogP contribution in [0, 0.1) is 0 Å². The summed E-state index contributed by atoms with van der Waals surface area (Å²) >= 11 is 6.13. The van der Waals surface area contributed by atoms with Crippen LogP contribution in [0.4, 0.5) is 5.69 Å². The first-order valence-electron chi connectivity index (χ1n) is 9.03. The summed E-state index contributed by atoms with van der Waals surface area (Å²) in [5.41, 5.74) is 9.91.